The van der Waals surface area contributed by atoms with Gasteiger partial charge < -0.3 is 14.8 Å². The third kappa shape index (κ3) is 5.33. The van der Waals surface area contributed by atoms with E-state index in [9.17, 15) is 4.79 Å². The topological polar surface area (TPSA) is 47.6 Å². The molecule has 0 fully saturated rings. The fraction of sp³-hybridized carbons (Fsp3) is 0.316. The van der Waals surface area contributed by atoms with Gasteiger partial charge in [0.2, 0.25) is 0 Å². The van der Waals surface area contributed by atoms with Crippen LogP contribution in [0.25, 0.3) is 0 Å². The molecule has 0 aliphatic carbocycles. The highest BCUT2D eigenvalue weighted by Crippen LogP contribution is 2.18. The molecule has 0 saturated heterocycles. The summed E-state index contributed by atoms with van der Waals surface area (Å²) in [5.41, 5.74) is 2.27. The molecule has 0 spiro atoms. The van der Waals surface area contributed by atoms with Gasteiger partial charge in [-0.15, -0.1) is 0 Å². The number of rotatable bonds is 7. The molecule has 4 heteroatoms. The Kier molecular flexibility index (Phi) is 6.03. The van der Waals surface area contributed by atoms with Gasteiger partial charge in [-0.3, -0.25) is 4.79 Å². The van der Waals surface area contributed by atoms with E-state index in [2.05, 4.69) is 19.2 Å². The Morgan fingerprint density at radius 2 is 1.61 bits per heavy atom. The summed E-state index contributed by atoms with van der Waals surface area (Å²) in [6.45, 7) is 4.76. The molecule has 2 aromatic carbocycles. The van der Waals surface area contributed by atoms with Crippen LogP contribution in [-0.2, 0) is 11.3 Å². The van der Waals surface area contributed by atoms with Crippen molar-refractivity contribution in [2.75, 3.05) is 13.7 Å². The number of hydrogen-bond donors (Lipinski definition) is 1. The highest BCUT2D eigenvalue weighted by Gasteiger charge is 2.04. The van der Waals surface area contributed by atoms with Crippen LogP contribution in [0.15, 0.2) is 48.5 Å². The molecule has 122 valence electrons. The van der Waals surface area contributed by atoms with Crippen molar-refractivity contribution in [2.24, 2.45) is 0 Å². The molecule has 1 N–H and O–H groups in total. The maximum absolute atomic E-state index is 11.8. The fourth-order valence-corrected chi connectivity index (χ4v) is 2.09. The number of carbonyl (C=O) groups is 1. The molecule has 1 amide bonds. The van der Waals surface area contributed by atoms with E-state index in [1.54, 1.807) is 7.11 Å². The molecule has 0 heterocycles. The number of amides is 1. The number of hydrogen-bond acceptors (Lipinski definition) is 3. The van der Waals surface area contributed by atoms with E-state index in [0.29, 0.717) is 18.2 Å². The lowest BCUT2D eigenvalue weighted by Gasteiger charge is -2.09. The Bertz CT molecular complexity index is 618. The van der Waals surface area contributed by atoms with Crippen molar-refractivity contribution in [3.05, 3.63) is 59.7 Å². The van der Waals surface area contributed by atoms with Crippen LogP contribution in [0.3, 0.4) is 0 Å². The average molecular weight is 313 g/mol. The molecule has 0 bridgehead atoms. The quantitative estimate of drug-likeness (QED) is 0.851. The zero-order valence-corrected chi connectivity index (χ0v) is 13.8. The van der Waals surface area contributed by atoms with Crippen LogP contribution in [0.5, 0.6) is 11.5 Å². The summed E-state index contributed by atoms with van der Waals surface area (Å²) in [6, 6.07) is 15.4. The summed E-state index contributed by atoms with van der Waals surface area (Å²) >= 11 is 0. The van der Waals surface area contributed by atoms with Crippen molar-refractivity contribution in [2.45, 2.75) is 26.3 Å². The maximum Gasteiger partial charge on any atom is 0.258 e. The number of carbonyl (C=O) groups excluding carboxylic acids is 1. The van der Waals surface area contributed by atoms with Crippen molar-refractivity contribution in [1.29, 1.82) is 0 Å². The second kappa shape index (κ2) is 8.22. The first kappa shape index (κ1) is 16.9. The second-order valence-electron chi connectivity index (χ2n) is 5.64. The van der Waals surface area contributed by atoms with Gasteiger partial charge in [-0.1, -0.05) is 38.1 Å². The lowest BCUT2D eigenvalue weighted by atomic mass is 10.0. The molecule has 0 radical (unpaired) electrons. The molecule has 0 aliphatic heterocycles. The molecule has 2 rings (SSSR count). The first-order valence-electron chi connectivity index (χ1n) is 7.71. The van der Waals surface area contributed by atoms with E-state index in [1.165, 1.54) is 5.56 Å². The molecular formula is C19H23NO3. The summed E-state index contributed by atoms with van der Waals surface area (Å²) in [7, 11) is 1.63. The molecular weight excluding hydrogens is 290 g/mol. The van der Waals surface area contributed by atoms with E-state index < -0.39 is 0 Å². The molecule has 23 heavy (non-hydrogen) atoms. The first-order valence-corrected chi connectivity index (χ1v) is 7.71. The average Bonchev–Trinajstić information content (AvgIpc) is 2.59. The van der Waals surface area contributed by atoms with Crippen molar-refractivity contribution in [3.63, 3.8) is 0 Å². The van der Waals surface area contributed by atoms with Crippen LogP contribution in [-0.4, -0.2) is 19.6 Å². The minimum Gasteiger partial charge on any atom is -0.497 e. The van der Waals surface area contributed by atoms with Gasteiger partial charge in [0, 0.05) is 6.54 Å². The standard InChI is InChI=1S/C19H23NO3/c1-14(2)16-6-10-18(11-7-16)23-13-19(21)20-12-15-4-8-17(22-3)9-5-15/h4-11,14H,12-13H2,1-3H3,(H,20,21). The lowest BCUT2D eigenvalue weighted by Crippen LogP contribution is -2.28. The molecule has 0 aliphatic rings. The number of ether oxygens (including phenoxy) is 2. The second-order valence-corrected chi connectivity index (χ2v) is 5.64. The van der Waals surface area contributed by atoms with Crippen LogP contribution < -0.4 is 14.8 Å². The molecule has 2 aromatic rings. The summed E-state index contributed by atoms with van der Waals surface area (Å²) in [5, 5.41) is 2.83. The largest absolute Gasteiger partial charge is 0.497 e. The van der Waals surface area contributed by atoms with Crippen LogP contribution in [0, 0.1) is 0 Å². The van der Waals surface area contributed by atoms with E-state index in [4.69, 9.17) is 9.47 Å². The predicted molar refractivity (Wildman–Crippen MR) is 90.9 cm³/mol. The fourth-order valence-electron chi connectivity index (χ4n) is 2.09. The van der Waals surface area contributed by atoms with Gasteiger partial charge >= 0.3 is 0 Å². The first-order chi connectivity index (χ1) is 11.1. The monoisotopic (exact) mass is 313 g/mol. The minimum absolute atomic E-state index is 0.0111. The Labute approximate surface area is 137 Å². The van der Waals surface area contributed by atoms with Crippen LogP contribution in [0.4, 0.5) is 0 Å². The maximum atomic E-state index is 11.8. The van der Waals surface area contributed by atoms with Crippen molar-refractivity contribution in [1.82, 2.24) is 5.32 Å². The van der Waals surface area contributed by atoms with Gasteiger partial charge in [-0.2, -0.15) is 0 Å². The van der Waals surface area contributed by atoms with Gasteiger partial charge in [0.05, 0.1) is 7.11 Å². The third-order valence-electron chi connectivity index (χ3n) is 3.57. The number of nitrogens with one attached hydrogen (secondary N) is 1. The van der Waals surface area contributed by atoms with Gasteiger partial charge in [-0.25, -0.2) is 0 Å². The molecule has 4 nitrogen and oxygen atoms in total. The van der Waals surface area contributed by atoms with Gasteiger partial charge in [0.15, 0.2) is 6.61 Å². The number of methoxy groups -OCH3 is 1. The smallest absolute Gasteiger partial charge is 0.258 e. The molecule has 0 unspecified atom stereocenters. The zero-order valence-electron chi connectivity index (χ0n) is 13.8. The van der Waals surface area contributed by atoms with Gasteiger partial charge in [-0.05, 0) is 41.3 Å². The highest BCUT2D eigenvalue weighted by molar-refractivity contribution is 5.77. The normalized spacial score (nSPS) is 10.4. The predicted octanol–water partition coefficient (Wildman–Crippen LogP) is 3.51. The number of benzene rings is 2. The SMILES string of the molecule is COc1ccc(CNC(=O)COc2ccc(C(C)C)cc2)cc1. The Morgan fingerprint density at radius 1 is 1.00 bits per heavy atom. The molecule has 0 saturated carbocycles. The van der Waals surface area contributed by atoms with Crippen LogP contribution >= 0.6 is 0 Å². The van der Waals surface area contributed by atoms with E-state index >= 15 is 0 Å². The Hall–Kier alpha value is -2.49. The highest BCUT2D eigenvalue weighted by atomic mass is 16.5. The van der Waals surface area contributed by atoms with Crippen LogP contribution in [0.2, 0.25) is 0 Å². The van der Waals surface area contributed by atoms with Gasteiger partial charge in [0.1, 0.15) is 11.5 Å². The van der Waals surface area contributed by atoms with E-state index in [1.807, 2.05) is 48.5 Å². The minimum atomic E-state index is -0.145. The third-order valence-corrected chi connectivity index (χ3v) is 3.57. The summed E-state index contributed by atoms with van der Waals surface area (Å²) in [4.78, 5) is 11.8. The Morgan fingerprint density at radius 3 is 2.17 bits per heavy atom. The van der Waals surface area contributed by atoms with E-state index in [0.717, 1.165) is 11.3 Å². The van der Waals surface area contributed by atoms with Gasteiger partial charge in [0.25, 0.3) is 5.91 Å². The summed E-state index contributed by atoms with van der Waals surface area (Å²) in [6.07, 6.45) is 0. The summed E-state index contributed by atoms with van der Waals surface area (Å²) in [5.74, 6) is 1.84. The molecule has 0 aromatic heterocycles. The van der Waals surface area contributed by atoms with Crippen molar-refractivity contribution >= 4 is 5.91 Å². The zero-order chi connectivity index (χ0) is 16.7. The lowest BCUT2D eigenvalue weighted by molar-refractivity contribution is -0.123. The molecule has 0 atom stereocenters. The van der Waals surface area contributed by atoms with Crippen molar-refractivity contribution in [3.8, 4) is 11.5 Å². The Balaban J connectivity index is 1.76. The van der Waals surface area contributed by atoms with Crippen molar-refractivity contribution < 1.29 is 14.3 Å². The van der Waals surface area contributed by atoms with Crippen LogP contribution in [0.1, 0.15) is 30.9 Å². The van der Waals surface area contributed by atoms with E-state index in [-0.39, 0.29) is 12.5 Å². The summed E-state index contributed by atoms with van der Waals surface area (Å²) < 4.78 is 10.6.